The fourth-order valence-electron chi connectivity index (χ4n) is 1.67. The lowest BCUT2D eigenvalue weighted by Crippen LogP contribution is -2.32. The molecule has 0 amide bonds. The average molecular weight is 350 g/mol. The molecule has 0 atom stereocenters. The Morgan fingerprint density at radius 3 is 2.68 bits per heavy atom. The summed E-state index contributed by atoms with van der Waals surface area (Å²) in [7, 11) is -3.07. The molecule has 0 bridgehead atoms. The summed E-state index contributed by atoms with van der Waals surface area (Å²) in [5.74, 6) is 0. The molecule has 19 heavy (non-hydrogen) atoms. The SMILES string of the molecule is CCN(CCCNCc1ccc(Br)cn1)S(C)(=O)=O. The van der Waals surface area contributed by atoms with Crippen LogP contribution in [0.2, 0.25) is 0 Å². The highest BCUT2D eigenvalue weighted by molar-refractivity contribution is 9.10. The van der Waals surface area contributed by atoms with E-state index in [1.54, 1.807) is 6.20 Å². The molecule has 0 saturated carbocycles. The van der Waals surface area contributed by atoms with Gasteiger partial charge in [-0.05, 0) is 41.0 Å². The van der Waals surface area contributed by atoms with E-state index >= 15 is 0 Å². The predicted molar refractivity (Wildman–Crippen MR) is 80.4 cm³/mol. The minimum atomic E-state index is -3.07. The van der Waals surface area contributed by atoms with Crippen LogP contribution in [0, 0.1) is 0 Å². The molecular formula is C12H20BrN3O2S. The third-order valence-electron chi connectivity index (χ3n) is 2.68. The van der Waals surface area contributed by atoms with Crippen molar-refractivity contribution >= 4 is 26.0 Å². The lowest BCUT2D eigenvalue weighted by Gasteiger charge is -2.17. The summed E-state index contributed by atoms with van der Waals surface area (Å²) >= 11 is 3.34. The van der Waals surface area contributed by atoms with Crippen LogP contribution in [0.1, 0.15) is 19.0 Å². The van der Waals surface area contributed by atoms with E-state index in [1.807, 2.05) is 19.1 Å². The zero-order chi connectivity index (χ0) is 14.3. The van der Waals surface area contributed by atoms with Crippen LogP contribution in [0.4, 0.5) is 0 Å². The van der Waals surface area contributed by atoms with Gasteiger partial charge in [0.2, 0.25) is 10.0 Å². The van der Waals surface area contributed by atoms with Gasteiger partial charge in [0.1, 0.15) is 0 Å². The smallest absolute Gasteiger partial charge is 0.211 e. The second kappa shape index (κ2) is 7.94. The summed E-state index contributed by atoms with van der Waals surface area (Å²) in [5, 5.41) is 3.25. The third-order valence-corrected chi connectivity index (χ3v) is 4.53. The summed E-state index contributed by atoms with van der Waals surface area (Å²) in [4.78, 5) is 4.25. The maximum absolute atomic E-state index is 11.4. The van der Waals surface area contributed by atoms with Crippen LogP contribution >= 0.6 is 15.9 Å². The van der Waals surface area contributed by atoms with Crippen LogP contribution in [0.15, 0.2) is 22.8 Å². The number of hydrogen-bond acceptors (Lipinski definition) is 4. The van der Waals surface area contributed by atoms with Gasteiger partial charge in [0, 0.05) is 30.3 Å². The van der Waals surface area contributed by atoms with Gasteiger partial charge in [-0.1, -0.05) is 6.92 Å². The largest absolute Gasteiger partial charge is 0.311 e. The quantitative estimate of drug-likeness (QED) is 0.724. The molecule has 1 N–H and O–H groups in total. The van der Waals surface area contributed by atoms with Crippen molar-refractivity contribution in [3.05, 3.63) is 28.5 Å². The highest BCUT2D eigenvalue weighted by Gasteiger charge is 2.12. The van der Waals surface area contributed by atoms with Crippen molar-refractivity contribution in [2.75, 3.05) is 25.9 Å². The van der Waals surface area contributed by atoms with Crippen LogP contribution in [-0.2, 0) is 16.6 Å². The van der Waals surface area contributed by atoms with Gasteiger partial charge in [0.15, 0.2) is 0 Å². The van der Waals surface area contributed by atoms with Gasteiger partial charge >= 0.3 is 0 Å². The Kier molecular flexibility index (Phi) is 6.92. The molecule has 7 heteroatoms. The van der Waals surface area contributed by atoms with E-state index in [0.29, 0.717) is 19.6 Å². The van der Waals surface area contributed by atoms with E-state index in [4.69, 9.17) is 0 Å². The third kappa shape index (κ3) is 6.47. The minimum absolute atomic E-state index is 0.521. The number of nitrogens with one attached hydrogen (secondary N) is 1. The molecule has 1 aromatic rings. The Labute approximate surface area is 123 Å². The van der Waals surface area contributed by atoms with Gasteiger partial charge in [-0.25, -0.2) is 12.7 Å². The first-order valence-corrected chi connectivity index (χ1v) is 8.84. The Morgan fingerprint density at radius 2 is 2.16 bits per heavy atom. The van der Waals surface area contributed by atoms with Crippen LogP contribution in [0.5, 0.6) is 0 Å². The lowest BCUT2D eigenvalue weighted by atomic mass is 10.3. The molecule has 0 unspecified atom stereocenters. The number of sulfonamides is 1. The van der Waals surface area contributed by atoms with Gasteiger partial charge in [0.25, 0.3) is 0 Å². The maximum Gasteiger partial charge on any atom is 0.211 e. The molecule has 0 spiro atoms. The van der Waals surface area contributed by atoms with Gasteiger partial charge in [0.05, 0.1) is 11.9 Å². The summed E-state index contributed by atoms with van der Waals surface area (Å²) in [6.45, 7) is 4.38. The molecule has 0 aliphatic carbocycles. The average Bonchev–Trinajstić information content (AvgIpc) is 2.34. The monoisotopic (exact) mass is 349 g/mol. The highest BCUT2D eigenvalue weighted by atomic mass is 79.9. The van der Waals surface area contributed by atoms with Crippen molar-refractivity contribution < 1.29 is 8.42 Å². The van der Waals surface area contributed by atoms with Crippen molar-refractivity contribution in [2.24, 2.45) is 0 Å². The zero-order valence-corrected chi connectivity index (χ0v) is 13.7. The van der Waals surface area contributed by atoms with Crippen molar-refractivity contribution in [1.29, 1.82) is 0 Å². The number of rotatable bonds is 8. The van der Waals surface area contributed by atoms with Crippen molar-refractivity contribution in [3.8, 4) is 0 Å². The summed E-state index contributed by atoms with van der Waals surface area (Å²) < 4.78 is 25.2. The van der Waals surface area contributed by atoms with Crippen LogP contribution in [-0.4, -0.2) is 43.6 Å². The Hall–Kier alpha value is -0.500. The first kappa shape index (κ1) is 16.6. The first-order valence-electron chi connectivity index (χ1n) is 6.19. The molecule has 0 saturated heterocycles. The molecular weight excluding hydrogens is 330 g/mol. The number of pyridine rings is 1. The fourth-order valence-corrected chi connectivity index (χ4v) is 2.83. The molecule has 1 rings (SSSR count). The minimum Gasteiger partial charge on any atom is -0.311 e. The fraction of sp³-hybridized carbons (Fsp3) is 0.583. The second-order valence-corrected chi connectivity index (χ2v) is 7.15. The molecule has 0 aromatic carbocycles. The van der Waals surface area contributed by atoms with Gasteiger partial charge in [-0.3, -0.25) is 4.98 Å². The van der Waals surface area contributed by atoms with E-state index in [9.17, 15) is 8.42 Å². The topological polar surface area (TPSA) is 62.3 Å². The molecule has 0 fully saturated rings. The first-order chi connectivity index (χ1) is 8.93. The van der Waals surface area contributed by atoms with Gasteiger partial charge in [-0.2, -0.15) is 0 Å². The Morgan fingerprint density at radius 1 is 1.42 bits per heavy atom. The molecule has 108 valence electrons. The van der Waals surface area contributed by atoms with Crippen LogP contribution in [0.25, 0.3) is 0 Å². The molecule has 5 nitrogen and oxygen atoms in total. The normalized spacial score (nSPS) is 12.0. The predicted octanol–water partition coefficient (Wildman–Crippen LogP) is 1.61. The highest BCUT2D eigenvalue weighted by Crippen LogP contribution is 2.07. The molecule has 1 heterocycles. The molecule has 1 aromatic heterocycles. The Balaban J connectivity index is 2.22. The summed E-state index contributed by atoms with van der Waals surface area (Å²) in [6, 6.07) is 3.90. The second-order valence-electron chi connectivity index (χ2n) is 4.25. The number of halogens is 1. The number of hydrogen-bond donors (Lipinski definition) is 1. The molecule has 0 aliphatic rings. The van der Waals surface area contributed by atoms with E-state index in [1.165, 1.54) is 10.6 Å². The summed E-state index contributed by atoms with van der Waals surface area (Å²) in [6.07, 6.45) is 3.80. The molecule has 0 aliphatic heterocycles. The number of aromatic nitrogens is 1. The zero-order valence-electron chi connectivity index (χ0n) is 11.3. The van der Waals surface area contributed by atoms with Crippen molar-refractivity contribution in [3.63, 3.8) is 0 Å². The van der Waals surface area contributed by atoms with E-state index in [-0.39, 0.29) is 0 Å². The van der Waals surface area contributed by atoms with Crippen LogP contribution in [0.3, 0.4) is 0 Å². The number of nitrogens with zero attached hydrogens (tertiary/aromatic N) is 2. The van der Waals surface area contributed by atoms with Crippen molar-refractivity contribution in [1.82, 2.24) is 14.6 Å². The van der Waals surface area contributed by atoms with Crippen LogP contribution < -0.4 is 5.32 Å². The van der Waals surface area contributed by atoms with E-state index in [0.717, 1.165) is 23.1 Å². The van der Waals surface area contributed by atoms with Gasteiger partial charge < -0.3 is 5.32 Å². The van der Waals surface area contributed by atoms with Gasteiger partial charge in [-0.15, -0.1) is 0 Å². The Bertz CT molecular complexity index is 476. The standard InChI is InChI=1S/C12H20BrN3O2S/c1-3-16(19(2,17)18)8-4-7-14-10-12-6-5-11(13)9-15-12/h5-6,9,14H,3-4,7-8,10H2,1-2H3. The van der Waals surface area contributed by atoms with E-state index in [2.05, 4.69) is 26.2 Å². The van der Waals surface area contributed by atoms with Crippen molar-refractivity contribution in [2.45, 2.75) is 19.9 Å². The summed E-state index contributed by atoms with van der Waals surface area (Å²) in [5.41, 5.74) is 0.971. The lowest BCUT2D eigenvalue weighted by molar-refractivity contribution is 0.419. The molecule has 0 radical (unpaired) electrons. The maximum atomic E-state index is 11.4. The van der Waals surface area contributed by atoms with E-state index < -0.39 is 10.0 Å².